The van der Waals surface area contributed by atoms with E-state index in [0.717, 1.165) is 40.6 Å². The Balaban J connectivity index is 0.000000193. The van der Waals surface area contributed by atoms with E-state index in [-0.39, 0.29) is 17.0 Å². The molecule has 3 aromatic heterocycles. The molecule has 0 unspecified atom stereocenters. The zero-order valence-electron chi connectivity index (χ0n) is 16.8. The van der Waals surface area contributed by atoms with Crippen LogP contribution >= 0.6 is 11.8 Å². The lowest BCUT2D eigenvalue weighted by molar-refractivity contribution is 0.0591. The van der Waals surface area contributed by atoms with Gasteiger partial charge in [0.25, 0.3) is 5.91 Å². The predicted octanol–water partition coefficient (Wildman–Crippen LogP) is 1.69. The van der Waals surface area contributed by atoms with Crippen molar-refractivity contribution in [2.45, 2.75) is 13.5 Å². The normalized spacial score (nSPS) is 10.6. The quantitative estimate of drug-likeness (QED) is 0.293. The number of amides is 1. The summed E-state index contributed by atoms with van der Waals surface area (Å²) in [5, 5.41) is 8.93. The molecule has 0 aliphatic carbocycles. The number of aromatic carboxylic acids is 1. The van der Waals surface area contributed by atoms with Crippen LogP contribution in [0.15, 0.2) is 35.0 Å². The number of hydrogen-bond donors (Lipinski definition) is 3. The molecule has 4 aromatic rings. The van der Waals surface area contributed by atoms with Crippen LogP contribution in [0.1, 0.15) is 42.9 Å². The van der Waals surface area contributed by atoms with Gasteiger partial charge in [-0.1, -0.05) is 6.07 Å². The number of oxazole rings is 1. The number of carboxylic acids is 1. The van der Waals surface area contributed by atoms with Crippen LogP contribution in [-0.2, 0) is 11.3 Å². The summed E-state index contributed by atoms with van der Waals surface area (Å²) in [6.07, 6.45) is 1.14. The molecule has 13 heteroatoms. The first-order valence-electron chi connectivity index (χ1n) is 8.94. The van der Waals surface area contributed by atoms with E-state index < -0.39 is 23.5 Å². The highest BCUT2D eigenvalue weighted by Crippen LogP contribution is 2.16. The number of carbonyl (C=O) groups excluding carboxylic acids is 2. The first-order chi connectivity index (χ1) is 15.2. The summed E-state index contributed by atoms with van der Waals surface area (Å²) >= 11 is 5.40. The molecule has 0 atom stereocenters. The van der Waals surface area contributed by atoms with Gasteiger partial charge in [-0.05, 0) is 29.5 Å². The number of ether oxygens (including phenoxy) is 1. The number of halogens is 1. The second kappa shape index (κ2) is 9.41. The number of nitrogens with zero attached hydrogens (tertiary/aromatic N) is 4. The third kappa shape index (κ3) is 4.66. The number of imidazole rings is 1. The number of nitrogens with one attached hydrogen (secondary N) is 1. The summed E-state index contributed by atoms with van der Waals surface area (Å²) in [5.41, 5.74) is 6.99. The second-order valence-corrected chi connectivity index (χ2v) is 6.59. The molecule has 1 amide bonds. The summed E-state index contributed by atoms with van der Waals surface area (Å²) < 4.78 is 11.0. The third-order valence-corrected chi connectivity index (χ3v) is 4.31. The van der Waals surface area contributed by atoms with Crippen molar-refractivity contribution in [2.24, 2.45) is 5.73 Å². The Labute approximate surface area is 185 Å². The van der Waals surface area contributed by atoms with Gasteiger partial charge in [0, 0.05) is 19.5 Å². The minimum atomic E-state index is -1.36. The molecule has 0 radical (unpaired) electrons. The molecule has 0 spiro atoms. The molecule has 4 rings (SSSR count). The monoisotopic (exact) mass is 460 g/mol. The molecule has 0 saturated heterocycles. The Morgan fingerprint density at radius 1 is 1.28 bits per heavy atom. The predicted molar refractivity (Wildman–Crippen MR) is 111 cm³/mol. The Bertz CT molecular complexity index is 1330. The Morgan fingerprint density at radius 3 is 2.66 bits per heavy atom. The number of primary amides is 1. The number of carboxylic acid groups (broad SMARTS) is 1. The highest BCUT2D eigenvalue weighted by Gasteiger charge is 2.21. The smallest absolute Gasteiger partial charge is 0.355 e. The number of hydrogen-bond acceptors (Lipinski definition) is 9. The van der Waals surface area contributed by atoms with Crippen LogP contribution in [0.2, 0.25) is 0 Å². The average molecular weight is 461 g/mol. The Hall–Kier alpha value is -4.03. The number of aromatic nitrogens is 4. The summed E-state index contributed by atoms with van der Waals surface area (Å²) in [7, 11) is 1.14. The number of nitrogens with two attached hydrogens (primary N) is 1. The number of benzene rings is 1. The fourth-order valence-corrected chi connectivity index (χ4v) is 2.95. The van der Waals surface area contributed by atoms with Gasteiger partial charge in [0.15, 0.2) is 28.5 Å². The highest BCUT2D eigenvalue weighted by molar-refractivity contribution is 6.13. The third-order valence-electron chi connectivity index (χ3n) is 4.18. The van der Waals surface area contributed by atoms with Crippen molar-refractivity contribution in [1.29, 1.82) is 0 Å². The number of rotatable bonds is 5. The molecular weight excluding hydrogens is 444 g/mol. The van der Waals surface area contributed by atoms with Crippen LogP contribution in [0, 0.1) is 6.92 Å². The van der Waals surface area contributed by atoms with Crippen molar-refractivity contribution in [2.75, 3.05) is 7.11 Å². The lowest BCUT2D eigenvalue weighted by atomic mass is 10.2. The van der Waals surface area contributed by atoms with Crippen molar-refractivity contribution in [3.05, 3.63) is 59.1 Å². The molecule has 0 fully saturated rings. The number of fused-ring (bicyclic) bond motifs is 2. The van der Waals surface area contributed by atoms with Crippen LogP contribution in [0.25, 0.3) is 16.7 Å². The Kier molecular flexibility index (Phi) is 6.66. The topological polar surface area (TPSA) is 175 Å². The molecule has 32 heavy (non-hydrogen) atoms. The van der Waals surface area contributed by atoms with E-state index in [1.807, 2.05) is 25.1 Å². The van der Waals surface area contributed by atoms with Gasteiger partial charge in [0.05, 0.1) is 7.11 Å². The van der Waals surface area contributed by atoms with Gasteiger partial charge in [-0.2, -0.15) is 0 Å². The van der Waals surface area contributed by atoms with E-state index in [1.54, 1.807) is 0 Å². The first kappa shape index (κ1) is 22.7. The van der Waals surface area contributed by atoms with Crippen LogP contribution in [-0.4, -0.2) is 49.4 Å². The summed E-state index contributed by atoms with van der Waals surface area (Å²) in [6.45, 7) is 2.46. The van der Waals surface area contributed by atoms with Gasteiger partial charge in [-0.25, -0.2) is 29.4 Å². The van der Waals surface area contributed by atoms with E-state index in [9.17, 15) is 14.4 Å². The van der Waals surface area contributed by atoms with Crippen LogP contribution in [0.3, 0.4) is 0 Å². The van der Waals surface area contributed by atoms with Gasteiger partial charge >= 0.3 is 11.9 Å². The average Bonchev–Trinajstić information content (AvgIpc) is 3.35. The van der Waals surface area contributed by atoms with E-state index >= 15 is 0 Å². The number of aryl methyl sites for hydroxylation is 1. The molecule has 166 valence electrons. The number of carbonyl (C=O) groups is 3. The summed E-state index contributed by atoms with van der Waals surface area (Å²) in [6, 6.07) is 6.84. The fraction of sp³-hybridized carbons (Fsp3) is 0.158. The zero-order valence-corrected chi connectivity index (χ0v) is 17.6. The molecule has 0 aliphatic rings. The van der Waals surface area contributed by atoms with Gasteiger partial charge < -0.3 is 20.0 Å². The van der Waals surface area contributed by atoms with Crippen molar-refractivity contribution < 1.29 is 28.6 Å². The van der Waals surface area contributed by atoms with Crippen LogP contribution in [0.4, 0.5) is 0 Å². The minimum Gasteiger partial charge on any atom is -0.477 e. The maximum atomic E-state index is 11.6. The summed E-state index contributed by atoms with van der Waals surface area (Å²) in [5.74, 6) is -2.34. The van der Waals surface area contributed by atoms with Crippen molar-refractivity contribution >= 4 is 46.4 Å². The van der Waals surface area contributed by atoms with Gasteiger partial charge in [-0.3, -0.25) is 9.20 Å². The largest absolute Gasteiger partial charge is 0.477 e. The number of methoxy groups -OCH3 is 1. The highest BCUT2D eigenvalue weighted by atomic mass is 35.5. The van der Waals surface area contributed by atoms with E-state index in [1.165, 1.54) is 0 Å². The van der Waals surface area contributed by atoms with E-state index in [0.29, 0.717) is 12.4 Å². The Morgan fingerprint density at radius 2 is 2.03 bits per heavy atom. The van der Waals surface area contributed by atoms with E-state index in [4.69, 9.17) is 27.0 Å². The molecule has 0 bridgehead atoms. The standard InChI is InChI=1S/C10H8N4O5.C9H9ClN2O/c1-19-10(18)5-2-4(9(16)17)13-8-6(7(11)15)12-3-14(5)8;1-6-12-8-4-7(5-11-10)2-3-9(8)13-6/h2-3H,1H3,(H2,11,15)(H,16,17);2-4,11H,5H2,1H3. The zero-order chi connectivity index (χ0) is 23.4. The second-order valence-electron chi connectivity index (χ2n) is 6.32. The molecular formula is C19H17ClN6O6. The van der Waals surface area contributed by atoms with Crippen molar-refractivity contribution in [3.8, 4) is 0 Å². The molecule has 1 aromatic carbocycles. The maximum Gasteiger partial charge on any atom is 0.355 e. The first-order valence-corrected chi connectivity index (χ1v) is 9.32. The van der Waals surface area contributed by atoms with E-state index in [2.05, 4.69) is 24.5 Å². The molecule has 12 nitrogen and oxygen atoms in total. The van der Waals surface area contributed by atoms with Gasteiger partial charge in [0.2, 0.25) is 0 Å². The van der Waals surface area contributed by atoms with Crippen molar-refractivity contribution in [3.63, 3.8) is 0 Å². The van der Waals surface area contributed by atoms with Crippen LogP contribution < -0.4 is 10.6 Å². The van der Waals surface area contributed by atoms with Gasteiger partial charge in [-0.15, -0.1) is 0 Å². The minimum absolute atomic E-state index is 0.118. The fourth-order valence-electron chi connectivity index (χ4n) is 2.79. The molecule has 0 saturated carbocycles. The lowest BCUT2D eigenvalue weighted by Crippen LogP contribution is -2.15. The van der Waals surface area contributed by atoms with Crippen molar-refractivity contribution in [1.82, 2.24) is 24.2 Å². The van der Waals surface area contributed by atoms with Crippen LogP contribution in [0.5, 0.6) is 0 Å². The lowest BCUT2D eigenvalue weighted by Gasteiger charge is -2.04. The molecule has 0 aliphatic heterocycles. The molecule has 4 N–H and O–H groups in total. The maximum absolute atomic E-state index is 11.6. The summed E-state index contributed by atoms with van der Waals surface area (Å²) in [4.78, 5) is 47.9. The SMILES string of the molecule is COC(=O)c1cc(C(=O)O)nc2c(C(N)=O)ncn12.Cc1nc2cc(CNCl)ccc2o1. The van der Waals surface area contributed by atoms with Gasteiger partial charge in [0.1, 0.15) is 17.5 Å². The molecule has 3 heterocycles. The number of esters is 1.